The molecule has 3 nitrogen and oxygen atoms in total. The Morgan fingerprint density at radius 2 is 1.95 bits per heavy atom. The SMILES string of the molecule is O=C(CCNc1ccc(Cl)cc1Cl)Nc1cccc(Br)c1. The van der Waals surface area contributed by atoms with Crippen LogP contribution >= 0.6 is 39.1 Å². The number of halogens is 3. The molecule has 2 N–H and O–H groups in total. The number of nitrogens with one attached hydrogen (secondary N) is 2. The monoisotopic (exact) mass is 386 g/mol. The summed E-state index contributed by atoms with van der Waals surface area (Å²) in [6.07, 6.45) is 0.339. The Morgan fingerprint density at radius 3 is 2.67 bits per heavy atom. The van der Waals surface area contributed by atoms with Crippen molar-refractivity contribution >= 4 is 56.4 Å². The van der Waals surface area contributed by atoms with Crippen LogP contribution in [0.4, 0.5) is 11.4 Å². The molecule has 0 fully saturated rings. The zero-order valence-corrected chi connectivity index (χ0v) is 14.1. The van der Waals surface area contributed by atoms with Gasteiger partial charge in [-0.05, 0) is 36.4 Å². The van der Waals surface area contributed by atoms with E-state index >= 15 is 0 Å². The fraction of sp³-hybridized carbons (Fsp3) is 0.133. The maximum atomic E-state index is 11.8. The molecule has 0 saturated heterocycles. The summed E-state index contributed by atoms with van der Waals surface area (Å²) in [5.74, 6) is -0.0642. The standard InChI is InChI=1S/C15H13BrCl2N2O/c16-10-2-1-3-12(8-10)20-15(21)6-7-19-14-5-4-11(17)9-13(14)18/h1-5,8-9,19H,6-7H2,(H,20,21). The fourth-order valence-corrected chi connectivity index (χ4v) is 2.61. The number of carbonyl (C=O) groups is 1. The van der Waals surface area contributed by atoms with Crippen molar-refractivity contribution in [2.45, 2.75) is 6.42 Å². The normalized spacial score (nSPS) is 10.2. The van der Waals surface area contributed by atoms with E-state index in [0.29, 0.717) is 23.0 Å². The van der Waals surface area contributed by atoms with Crippen molar-refractivity contribution in [3.8, 4) is 0 Å². The number of hydrogen-bond donors (Lipinski definition) is 2. The largest absolute Gasteiger partial charge is 0.383 e. The van der Waals surface area contributed by atoms with Crippen molar-refractivity contribution < 1.29 is 4.79 Å². The second-order valence-corrected chi connectivity index (χ2v) is 6.12. The molecule has 0 radical (unpaired) electrons. The molecule has 0 unspecified atom stereocenters. The number of hydrogen-bond acceptors (Lipinski definition) is 2. The Balaban J connectivity index is 1.81. The number of amides is 1. The van der Waals surface area contributed by atoms with Gasteiger partial charge in [0, 0.05) is 28.1 Å². The highest BCUT2D eigenvalue weighted by Gasteiger charge is 2.04. The average molecular weight is 388 g/mol. The highest BCUT2D eigenvalue weighted by molar-refractivity contribution is 9.10. The molecule has 2 aromatic carbocycles. The van der Waals surface area contributed by atoms with Crippen molar-refractivity contribution in [2.75, 3.05) is 17.2 Å². The Morgan fingerprint density at radius 1 is 1.14 bits per heavy atom. The third-order valence-corrected chi connectivity index (χ3v) is 3.75. The Hall–Kier alpha value is -1.23. The van der Waals surface area contributed by atoms with Gasteiger partial charge in [-0.2, -0.15) is 0 Å². The Bertz CT molecular complexity index is 649. The van der Waals surface area contributed by atoms with Gasteiger partial charge in [-0.1, -0.05) is 45.2 Å². The van der Waals surface area contributed by atoms with Gasteiger partial charge < -0.3 is 10.6 Å². The van der Waals surface area contributed by atoms with Crippen LogP contribution in [-0.2, 0) is 4.79 Å². The first-order valence-corrected chi connectivity index (χ1v) is 7.84. The van der Waals surface area contributed by atoms with E-state index in [9.17, 15) is 4.79 Å². The summed E-state index contributed by atoms with van der Waals surface area (Å²) >= 11 is 15.2. The van der Waals surface area contributed by atoms with E-state index in [1.165, 1.54) is 0 Å². The number of rotatable bonds is 5. The minimum absolute atomic E-state index is 0.0642. The van der Waals surface area contributed by atoms with Crippen molar-refractivity contribution in [1.82, 2.24) is 0 Å². The smallest absolute Gasteiger partial charge is 0.226 e. The molecule has 2 aromatic rings. The van der Waals surface area contributed by atoms with E-state index in [4.69, 9.17) is 23.2 Å². The van der Waals surface area contributed by atoms with E-state index in [1.54, 1.807) is 18.2 Å². The zero-order chi connectivity index (χ0) is 15.2. The lowest BCUT2D eigenvalue weighted by atomic mass is 10.3. The van der Waals surface area contributed by atoms with Crippen LogP contribution in [0.5, 0.6) is 0 Å². The molecule has 0 bridgehead atoms. The van der Waals surface area contributed by atoms with E-state index in [1.807, 2.05) is 24.3 Å². The van der Waals surface area contributed by atoms with Gasteiger partial charge in [0.15, 0.2) is 0 Å². The van der Waals surface area contributed by atoms with Gasteiger partial charge in [0.1, 0.15) is 0 Å². The van der Waals surface area contributed by atoms with E-state index in [0.717, 1.165) is 15.8 Å². The van der Waals surface area contributed by atoms with Crippen molar-refractivity contribution in [2.24, 2.45) is 0 Å². The molecule has 21 heavy (non-hydrogen) atoms. The predicted octanol–water partition coefficient (Wildman–Crippen LogP) is 5.20. The summed E-state index contributed by atoms with van der Waals surface area (Å²) < 4.78 is 0.923. The lowest BCUT2D eigenvalue weighted by Gasteiger charge is -2.09. The van der Waals surface area contributed by atoms with Crippen molar-refractivity contribution in [3.05, 3.63) is 57.0 Å². The van der Waals surface area contributed by atoms with Gasteiger partial charge in [0.05, 0.1) is 10.7 Å². The molecule has 0 spiro atoms. The highest BCUT2D eigenvalue weighted by atomic mass is 79.9. The molecule has 110 valence electrons. The summed E-state index contributed by atoms with van der Waals surface area (Å²) in [6, 6.07) is 12.7. The Labute approximate surface area is 141 Å². The first-order valence-electron chi connectivity index (χ1n) is 6.29. The van der Waals surface area contributed by atoms with Gasteiger partial charge in [0.25, 0.3) is 0 Å². The number of anilines is 2. The number of carbonyl (C=O) groups excluding carboxylic acids is 1. The first-order chi connectivity index (χ1) is 10.0. The van der Waals surface area contributed by atoms with E-state index in [2.05, 4.69) is 26.6 Å². The first kappa shape index (κ1) is 16.1. The second-order valence-electron chi connectivity index (χ2n) is 4.36. The maximum Gasteiger partial charge on any atom is 0.226 e. The minimum atomic E-state index is -0.0642. The molecule has 1 amide bonds. The van der Waals surface area contributed by atoms with Crippen LogP contribution in [0.3, 0.4) is 0 Å². The fourth-order valence-electron chi connectivity index (χ4n) is 1.73. The highest BCUT2D eigenvalue weighted by Crippen LogP contribution is 2.25. The van der Waals surface area contributed by atoms with Crippen molar-refractivity contribution in [3.63, 3.8) is 0 Å². The molecule has 0 aromatic heterocycles. The predicted molar refractivity (Wildman–Crippen MR) is 92.3 cm³/mol. The molecule has 0 aliphatic carbocycles. The lowest BCUT2D eigenvalue weighted by molar-refractivity contribution is -0.115. The van der Waals surface area contributed by atoms with Crippen LogP contribution in [-0.4, -0.2) is 12.5 Å². The molecular formula is C15H13BrCl2N2O. The second kappa shape index (κ2) is 7.69. The molecule has 2 rings (SSSR count). The summed E-state index contributed by atoms with van der Waals surface area (Å²) in [5.41, 5.74) is 1.52. The summed E-state index contributed by atoms with van der Waals surface area (Å²) in [6.45, 7) is 0.487. The van der Waals surface area contributed by atoms with Gasteiger partial charge in [0.2, 0.25) is 5.91 Å². The lowest BCUT2D eigenvalue weighted by Crippen LogP contribution is -2.16. The van der Waals surface area contributed by atoms with Crippen LogP contribution in [0.1, 0.15) is 6.42 Å². The molecule has 0 saturated carbocycles. The van der Waals surface area contributed by atoms with Gasteiger partial charge in [-0.3, -0.25) is 4.79 Å². The van der Waals surface area contributed by atoms with Crippen molar-refractivity contribution in [1.29, 1.82) is 0 Å². The summed E-state index contributed by atoms with van der Waals surface area (Å²) in [7, 11) is 0. The van der Waals surface area contributed by atoms with Gasteiger partial charge in [-0.25, -0.2) is 0 Å². The number of benzene rings is 2. The molecule has 0 atom stereocenters. The maximum absolute atomic E-state index is 11.8. The van der Waals surface area contributed by atoms with Crippen LogP contribution in [0.25, 0.3) is 0 Å². The third-order valence-electron chi connectivity index (χ3n) is 2.71. The molecular weight excluding hydrogens is 375 g/mol. The minimum Gasteiger partial charge on any atom is -0.383 e. The third kappa shape index (κ3) is 5.23. The topological polar surface area (TPSA) is 41.1 Å². The van der Waals surface area contributed by atoms with Gasteiger partial charge >= 0.3 is 0 Å². The summed E-state index contributed by atoms with van der Waals surface area (Å²) in [4.78, 5) is 11.8. The van der Waals surface area contributed by atoms with Crippen LogP contribution in [0.2, 0.25) is 10.0 Å². The molecule has 0 heterocycles. The van der Waals surface area contributed by atoms with E-state index in [-0.39, 0.29) is 5.91 Å². The average Bonchev–Trinajstić information content (AvgIpc) is 2.41. The zero-order valence-electron chi connectivity index (χ0n) is 11.0. The van der Waals surface area contributed by atoms with Crippen LogP contribution in [0, 0.1) is 0 Å². The summed E-state index contributed by atoms with van der Waals surface area (Å²) in [5, 5.41) is 7.06. The Kier molecular flexibility index (Phi) is 5.91. The van der Waals surface area contributed by atoms with Gasteiger partial charge in [-0.15, -0.1) is 0 Å². The quantitative estimate of drug-likeness (QED) is 0.740. The van der Waals surface area contributed by atoms with Crippen LogP contribution < -0.4 is 10.6 Å². The van der Waals surface area contributed by atoms with E-state index < -0.39 is 0 Å². The molecule has 6 heteroatoms. The molecule has 0 aliphatic heterocycles. The molecule has 0 aliphatic rings. The van der Waals surface area contributed by atoms with Crippen LogP contribution in [0.15, 0.2) is 46.9 Å².